The van der Waals surface area contributed by atoms with Gasteiger partial charge in [0.2, 0.25) is 0 Å². The van der Waals surface area contributed by atoms with E-state index in [-0.39, 0.29) is 0 Å². The largest absolute Gasteiger partial charge is 0.313 e. The molecule has 1 heterocycles. The number of likely N-dealkylation sites (N-methyl/N-ethyl adjacent to an activating group) is 1. The van der Waals surface area contributed by atoms with Crippen LogP contribution in [0.5, 0.6) is 0 Å². The molecule has 3 fully saturated rings. The molecule has 3 aliphatic rings. The molecule has 2 saturated carbocycles. The normalized spacial score (nSPS) is 41.7. The summed E-state index contributed by atoms with van der Waals surface area (Å²) in [5.41, 5.74) is 0. The molecule has 2 heteroatoms. The van der Waals surface area contributed by atoms with Crippen LogP contribution in [0.3, 0.4) is 0 Å². The molecule has 3 rings (SSSR count). The zero-order valence-electron chi connectivity index (χ0n) is 12.2. The van der Waals surface area contributed by atoms with Gasteiger partial charge in [-0.05, 0) is 50.0 Å². The highest BCUT2D eigenvalue weighted by atomic mass is 15.2. The molecular formula is C16H30N2. The van der Waals surface area contributed by atoms with Gasteiger partial charge in [0.1, 0.15) is 0 Å². The van der Waals surface area contributed by atoms with E-state index in [1.807, 2.05) is 0 Å². The Bertz CT molecular complexity index is 268. The lowest BCUT2D eigenvalue weighted by molar-refractivity contribution is 0.0311. The summed E-state index contributed by atoms with van der Waals surface area (Å²) >= 11 is 0. The van der Waals surface area contributed by atoms with Gasteiger partial charge in [-0.2, -0.15) is 0 Å². The molecule has 0 amide bonds. The van der Waals surface area contributed by atoms with Crippen LogP contribution in [0.2, 0.25) is 0 Å². The van der Waals surface area contributed by atoms with Crippen molar-refractivity contribution in [3.05, 3.63) is 0 Å². The summed E-state index contributed by atoms with van der Waals surface area (Å²) < 4.78 is 0. The van der Waals surface area contributed by atoms with Crippen molar-refractivity contribution in [2.24, 2.45) is 17.8 Å². The van der Waals surface area contributed by atoms with Crippen molar-refractivity contribution in [2.75, 3.05) is 19.6 Å². The average molecular weight is 250 g/mol. The molecule has 2 atom stereocenters. The molecule has 0 spiro atoms. The third-order valence-electron chi connectivity index (χ3n) is 5.29. The predicted octanol–water partition coefficient (Wildman–Crippen LogP) is 2.89. The molecule has 2 nitrogen and oxygen atoms in total. The Morgan fingerprint density at radius 2 is 1.83 bits per heavy atom. The number of rotatable bonds is 5. The van der Waals surface area contributed by atoms with E-state index >= 15 is 0 Å². The Hall–Kier alpha value is -0.0800. The van der Waals surface area contributed by atoms with Crippen molar-refractivity contribution in [3.8, 4) is 0 Å². The zero-order chi connectivity index (χ0) is 12.5. The molecule has 1 saturated heterocycles. The molecule has 0 bridgehead atoms. The van der Waals surface area contributed by atoms with E-state index in [1.54, 1.807) is 0 Å². The Kier molecular flexibility index (Phi) is 3.95. The van der Waals surface area contributed by atoms with Crippen molar-refractivity contribution in [2.45, 2.75) is 64.5 Å². The predicted molar refractivity (Wildman–Crippen MR) is 76.7 cm³/mol. The van der Waals surface area contributed by atoms with Gasteiger partial charge < -0.3 is 5.32 Å². The lowest BCUT2D eigenvalue weighted by atomic mass is 9.78. The summed E-state index contributed by atoms with van der Waals surface area (Å²) in [7, 11) is 0. The Morgan fingerprint density at radius 1 is 1.06 bits per heavy atom. The maximum atomic E-state index is 3.71. The number of likely N-dealkylation sites (tertiary alicyclic amines) is 1. The minimum atomic E-state index is 0.767. The number of hydrogen-bond donors (Lipinski definition) is 1. The van der Waals surface area contributed by atoms with Crippen LogP contribution < -0.4 is 5.32 Å². The second kappa shape index (κ2) is 5.50. The summed E-state index contributed by atoms with van der Waals surface area (Å²) in [6.07, 6.45) is 8.89. The van der Waals surface area contributed by atoms with Gasteiger partial charge in [0.15, 0.2) is 0 Å². The number of nitrogens with zero attached hydrogens (tertiary/aromatic N) is 1. The van der Waals surface area contributed by atoms with Crippen LogP contribution in [-0.2, 0) is 0 Å². The molecule has 0 aromatic rings. The number of piperidine rings is 1. The number of hydrogen-bond acceptors (Lipinski definition) is 2. The quantitative estimate of drug-likeness (QED) is 0.807. The lowest BCUT2D eigenvalue weighted by Crippen LogP contribution is -2.55. The molecular weight excluding hydrogens is 220 g/mol. The minimum absolute atomic E-state index is 0.767. The molecule has 0 aromatic carbocycles. The van der Waals surface area contributed by atoms with Crippen LogP contribution in [0, 0.1) is 17.8 Å². The molecule has 18 heavy (non-hydrogen) atoms. The average Bonchev–Trinajstić information content (AvgIpc) is 3.09. The van der Waals surface area contributed by atoms with E-state index in [1.165, 1.54) is 51.6 Å². The van der Waals surface area contributed by atoms with E-state index in [4.69, 9.17) is 0 Å². The summed E-state index contributed by atoms with van der Waals surface area (Å²) in [5, 5.41) is 3.71. The van der Waals surface area contributed by atoms with Gasteiger partial charge in [0.05, 0.1) is 0 Å². The highest BCUT2D eigenvalue weighted by Crippen LogP contribution is 2.40. The molecule has 0 radical (unpaired) electrons. The van der Waals surface area contributed by atoms with Gasteiger partial charge in [-0.25, -0.2) is 0 Å². The Morgan fingerprint density at radius 3 is 2.44 bits per heavy atom. The second-order valence-corrected chi connectivity index (χ2v) is 7.22. The highest BCUT2D eigenvalue weighted by molar-refractivity contribution is 4.93. The van der Waals surface area contributed by atoms with Crippen LogP contribution >= 0.6 is 0 Å². The third-order valence-corrected chi connectivity index (χ3v) is 5.29. The summed E-state index contributed by atoms with van der Waals surface area (Å²) in [4.78, 5) is 2.82. The first-order valence-electron chi connectivity index (χ1n) is 8.22. The molecule has 1 N–H and O–H groups in total. The molecule has 0 aromatic heterocycles. The summed E-state index contributed by atoms with van der Waals surface area (Å²) in [6.45, 7) is 8.50. The van der Waals surface area contributed by atoms with Gasteiger partial charge in [0, 0.05) is 25.2 Å². The van der Waals surface area contributed by atoms with Gasteiger partial charge in [-0.1, -0.05) is 26.7 Å². The van der Waals surface area contributed by atoms with Crippen molar-refractivity contribution >= 4 is 0 Å². The fourth-order valence-corrected chi connectivity index (χ4v) is 4.13. The molecule has 104 valence electrons. The molecule has 2 aliphatic carbocycles. The Balaban J connectivity index is 1.54. The summed E-state index contributed by atoms with van der Waals surface area (Å²) in [6, 6.07) is 1.69. The van der Waals surface area contributed by atoms with E-state index in [2.05, 4.69) is 24.1 Å². The fourth-order valence-electron chi connectivity index (χ4n) is 4.13. The first-order chi connectivity index (χ1) is 8.74. The first-order valence-corrected chi connectivity index (χ1v) is 8.22. The minimum Gasteiger partial charge on any atom is -0.313 e. The molecule has 2 unspecified atom stereocenters. The van der Waals surface area contributed by atoms with Crippen LogP contribution in [0.25, 0.3) is 0 Å². The van der Waals surface area contributed by atoms with Gasteiger partial charge in [-0.15, -0.1) is 0 Å². The third kappa shape index (κ3) is 3.08. The van der Waals surface area contributed by atoms with E-state index in [0.29, 0.717) is 0 Å². The second-order valence-electron chi connectivity index (χ2n) is 7.22. The van der Waals surface area contributed by atoms with Crippen LogP contribution in [0.15, 0.2) is 0 Å². The SMILES string of the molecule is CCNC1CC(CC2CC2)CN(C2CC(C)C2)C1. The lowest BCUT2D eigenvalue weighted by Gasteiger charge is -2.47. The van der Waals surface area contributed by atoms with Crippen LogP contribution in [0.4, 0.5) is 0 Å². The van der Waals surface area contributed by atoms with Gasteiger partial charge in [0.25, 0.3) is 0 Å². The van der Waals surface area contributed by atoms with Crippen molar-refractivity contribution in [1.29, 1.82) is 0 Å². The first kappa shape index (κ1) is 12.9. The van der Waals surface area contributed by atoms with E-state index in [0.717, 1.165) is 36.4 Å². The fraction of sp³-hybridized carbons (Fsp3) is 1.00. The zero-order valence-corrected chi connectivity index (χ0v) is 12.2. The summed E-state index contributed by atoms with van der Waals surface area (Å²) in [5.74, 6) is 3.06. The van der Waals surface area contributed by atoms with E-state index < -0.39 is 0 Å². The number of nitrogens with one attached hydrogen (secondary N) is 1. The van der Waals surface area contributed by atoms with Crippen molar-refractivity contribution in [3.63, 3.8) is 0 Å². The topological polar surface area (TPSA) is 15.3 Å². The van der Waals surface area contributed by atoms with E-state index in [9.17, 15) is 0 Å². The smallest absolute Gasteiger partial charge is 0.0198 e. The van der Waals surface area contributed by atoms with Crippen LogP contribution in [0.1, 0.15) is 52.4 Å². The van der Waals surface area contributed by atoms with Crippen molar-refractivity contribution < 1.29 is 0 Å². The Labute approximate surface area is 113 Å². The van der Waals surface area contributed by atoms with Gasteiger partial charge in [-0.3, -0.25) is 4.90 Å². The monoisotopic (exact) mass is 250 g/mol. The van der Waals surface area contributed by atoms with Crippen molar-refractivity contribution in [1.82, 2.24) is 10.2 Å². The van der Waals surface area contributed by atoms with Gasteiger partial charge >= 0.3 is 0 Å². The molecule has 1 aliphatic heterocycles. The maximum absolute atomic E-state index is 3.71. The highest BCUT2D eigenvalue weighted by Gasteiger charge is 2.37. The van der Waals surface area contributed by atoms with Crippen LogP contribution in [-0.4, -0.2) is 36.6 Å². The standard InChI is InChI=1S/C16H30N2/c1-3-17-15-9-14(8-13-4-5-13)10-18(11-15)16-6-12(2)7-16/h12-17H,3-11H2,1-2H3. The maximum Gasteiger partial charge on any atom is 0.0198 e.